The van der Waals surface area contributed by atoms with Gasteiger partial charge < -0.3 is 4.74 Å². The van der Waals surface area contributed by atoms with E-state index in [1.54, 1.807) is 7.11 Å². The molecule has 3 aromatic rings. The van der Waals surface area contributed by atoms with E-state index >= 15 is 0 Å². The molecule has 0 bridgehead atoms. The van der Waals surface area contributed by atoms with Crippen LogP contribution in [0.5, 0.6) is 5.75 Å². The maximum Gasteiger partial charge on any atom is 0.118 e. The number of rotatable bonds is 4. The van der Waals surface area contributed by atoms with Crippen molar-refractivity contribution in [2.24, 2.45) is 0 Å². The Morgan fingerprint density at radius 1 is 0.652 bits per heavy atom. The minimum atomic E-state index is 0.843. The predicted molar refractivity (Wildman–Crippen MR) is 101 cm³/mol. The minimum Gasteiger partial charge on any atom is -0.497 e. The average Bonchev–Trinajstić information content (AvgIpc) is 2.64. The molecular weight excluding hydrogens is 300 g/mol. The summed E-state index contributed by atoms with van der Waals surface area (Å²) in [6.07, 6.45) is 0. The van der Waals surface area contributed by atoms with Gasteiger partial charge in [-0.05, 0) is 28.8 Å². The second-order valence-corrected chi connectivity index (χ2v) is 5.63. The zero-order valence-electron chi connectivity index (χ0n) is 12.9. The lowest BCUT2D eigenvalue weighted by atomic mass is 9.95. The number of benzene rings is 3. The molecule has 0 radical (unpaired) electrons. The number of ether oxygens (including phenoxy) is 1. The van der Waals surface area contributed by atoms with Crippen molar-refractivity contribution in [2.45, 2.75) is 0 Å². The predicted octanol–water partition coefficient (Wildman–Crippen LogP) is 5.54. The summed E-state index contributed by atoms with van der Waals surface area (Å²) in [4.78, 5) is 0.949. The summed E-state index contributed by atoms with van der Waals surface area (Å²) in [5, 5.41) is 0. The molecule has 23 heavy (non-hydrogen) atoms. The van der Waals surface area contributed by atoms with Crippen LogP contribution in [0.3, 0.4) is 0 Å². The smallest absolute Gasteiger partial charge is 0.118 e. The number of thiol groups is 1. The van der Waals surface area contributed by atoms with Gasteiger partial charge in [-0.2, -0.15) is 0 Å². The number of hydrogen-bond donors (Lipinski definition) is 1. The third-order valence-corrected chi connectivity index (χ3v) is 4.21. The molecule has 1 nitrogen and oxygen atoms in total. The highest BCUT2D eigenvalue weighted by atomic mass is 32.1. The molecule has 0 N–H and O–H groups in total. The molecule has 0 aliphatic heterocycles. The highest BCUT2D eigenvalue weighted by Crippen LogP contribution is 2.34. The van der Waals surface area contributed by atoms with E-state index in [1.807, 2.05) is 60.7 Å². The molecule has 0 heterocycles. The Labute approximate surface area is 142 Å². The zero-order chi connectivity index (χ0) is 16.1. The third kappa shape index (κ3) is 3.49. The van der Waals surface area contributed by atoms with Crippen molar-refractivity contribution in [3.63, 3.8) is 0 Å². The monoisotopic (exact) mass is 318 g/mol. The van der Waals surface area contributed by atoms with Crippen LogP contribution in [-0.2, 0) is 0 Å². The van der Waals surface area contributed by atoms with Gasteiger partial charge in [-0.3, -0.25) is 0 Å². The summed E-state index contributed by atoms with van der Waals surface area (Å²) in [5.41, 5.74) is 4.50. The molecule has 3 rings (SSSR count). The van der Waals surface area contributed by atoms with E-state index in [0.717, 1.165) is 32.9 Å². The summed E-state index contributed by atoms with van der Waals surface area (Å²) in [7, 11) is 1.67. The highest BCUT2D eigenvalue weighted by Gasteiger charge is 2.11. The van der Waals surface area contributed by atoms with E-state index < -0.39 is 0 Å². The van der Waals surface area contributed by atoms with Gasteiger partial charge in [0.2, 0.25) is 0 Å². The van der Waals surface area contributed by atoms with Crippen molar-refractivity contribution in [1.29, 1.82) is 0 Å². The van der Waals surface area contributed by atoms with Crippen LogP contribution in [0.2, 0.25) is 0 Å². The molecule has 0 spiro atoms. The molecule has 0 amide bonds. The molecule has 0 saturated heterocycles. The number of methoxy groups -OCH3 is 1. The molecule has 0 atom stereocenters. The average molecular weight is 318 g/mol. The Bertz CT molecular complexity index is 749. The number of hydrogen-bond acceptors (Lipinski definition) is 2. The highest BCUT2D eigenvalue weighted by molar-refractivity contribution is 7.90. The van der Waals surface area contributed by atoms with Crippen LogP contribution in [0.4, 0.5) is 0 Å². The quantitative estimate of drug-likeness (QED) is 0.491. The van der Waals surface area contributed by atoms with Gasteiger partial charge >= 0.3 is 0 Å². The normalized spacial score (nSPS) is 10.2. The lowest BCUT2D eigenvalue weighted by Crippen LogP contribution is -1.91. The van der Waals surface area contributed by atoms with Crippen LogP contribution in [0, 0.1) is 0 Å². The van der Waals surface area contributed by atoms with E-state index in [-0.39, 0.29) is 0 Å². The van der Waals surface area contributed by atoms with E-state index in [1.165, 1.54) is 0 Å². The Balaban J connectivity index is 2.16. The van der Waals surface area contributed by atoms with Crippen molar-refractivity contribution in [2.75, 3.05) is 7.11 Å². The third-order valence-electron chi connectivity index (χ3n) is 3.73. The van der Waals surface area contributed by atoms with Crippen LogP contribution in [-0.4, -0.2) is 7.11 Å². The van der Waals surface area contributed by atoms with Crippen LogP contribution < -0.4 is 4.74 Å². The van der Waals surface area contributed by atoms with E-state index in [0.29, 0.717) is 0 Å². The van der Waals surface area contributed by atoms with Crippen LogP contribution in [0.1, 0.15) is 16.7 Å². The molecule has 0 unspecified atom stereocenters. The van der Waals surface area contributed by atoms with Crippen molar-refractivity contribution in [3.8, 4) is 5.75 Å². The lowest BCUT2D eigenvalue weighted by Gasteiger charge is -2.13. The Hall–Kier alpha value is -2.45. The summed E-state index contributed by atoms with van der Waals surface area (Å²) in [5.74, 6) is 0.843. The lowest BCUT2D eigenvalue weighted by molar-refractivity contribution is 0.415. The van der Waals surface area contributed by atoms with Gasteiger partial charge in [-0.1, -0.05) is 72.8 Å². The van der Waals surface area contributed by atoms with Gasteiger partial charge in [-0.25, -0.2) is 0 Å². The molecule has 2 heteroatoms. The SMILES string of the molecule is COc1ccc(C(S)=C(c2ccccc2)c2ccccc2)cc1. The van der Waals surface area contributed by atoms with E-state index in [9.17, 15) is 0 Å². The Morgan fingerprint density at radius 3 is 1.57 bits per heavy atom. The first-order valence-corrected chi connectivity index (χ1v) is 7.93. The largest absolute Gasteiger partial charge is 0.497 e. The maximum absolute atomic E-state index is 5.24. The van der Waals surface area contributed by atoms with Gasteiger partial charge in [-0.15, -0.1) is 12.6 Å². The summed E-state index contributed by atoms with van der Waals surface area (Å²) < 4.78 is 5.24. The molecule has 0 fully saturated rings. The fraction of sp³-hybridized carbons (Fsp3) is 0.0476. The first kappa shape index (κ1) is 15.4. The van der Waals surface area contributed by atoms with Gasteiger partial charge in [0.25, 0.3) is 0 Å². The zero-order valence-corrected chi connectivity index (χ0v) is 13.8. The summed E-state index contributed by atoms with van der Waals surface area (Å²) >= 11 is 4.84. The Kier molecular flexibility index (Phi) is 4.84. The minimum absolute atomic E-state index is 0.843. The van der Waals surface area contributed by atoms with Gasteiger partial charge in [0.05, 0.1) is 7.11 Å². The second kappa shape index (κ2) is 7.21. The van der Waals surface area contributed by atoms with Crippen LogP contribution in [0.15, 0.2) is 84.9 Å². The molecule has 3 aromatic carbocycles. The van der Waals surface area contributed by atoms with Gasteiger partial charge in [0.1, 0.15) is 5.75 Å². The summed E-state index contributed by atoms with van der Waals surface area (Å²) in [6, 6.07) is 28.7. The van der Waals surface area contributed by atoms with Crippen LogP contribution >= 0.6 is 12.6 Å². The van der Waals surface area contributed by atoms with Crippen molar-refractivity contribution in [1.82, 2.24) is 0 Å². The Morgan fingerprint density at radius 2 is 1.13 bits per heavy atom. The topological polar surface area (TPSA) is 9.23 Å². The maximum atomic E-state index is 5.24. The standard InChI is InChI=1S/C21H18OS/c1-22-19-14-12-18(13-15-19)21(23)20(16-8-4-2-5-9-16)17-10-6-3-7-11-17/h2-15,23H,1H3. The molecule has 0 saturated carbocycles. The van der Waals surface area contributed by atoms with Crippen molar-refractivity contribution >= 4 is 23.1 Å². The second-order valence-electron chi connectivity index (χ2n) is 5.18. The van der Waals surface area contributed by atoms with Gasteiger partial charge in [0.15, 0.2) is 0 Å². The molecule has 0 aliphatic rings. The first-order valence-electron chi connectivity index (χ1n) is 7.48. The van der Waals surface area contributed by atoms with Crippen molar-refractivity contribution in [3.05, 3.63) is 102 Å². The summed E-state index contributed by atoms with van der Waals surface area (Å²) in [6.45, 7) is 0. The van der Waals surface area contributed by atoms with E-state index in [4.69, 9.17) is 17.4 Å². The molecular formula is C21H18OS. The molecule has 0 aliphatic carbocycles. The van der Waals surface area contributed by atoms with Crippen LogP contribution in [0.25, 0.3) is 10.5 Å². The fourth-order valence-corrected chi connectivity index (χ4v) is 2.95. The molecule has 114 valence electrons. The van der Waals surface area contributed by atoms with E-state index in [2.05, 4.69) is 24.3 Å². The van der Waals surface area contributed by atoms with Crippen molar-refractivity contribution < 1.29 is 4.74 Å². The first-order chi connectivity index (χ1) is 11.3. The fourth-order valence-electron chi connectivity index (χ4n) is 2.54. The van der Waals surface area contributed by atoms with Gasteiger partial charge in [0, 0.05) is 10.5 Å². The molecule has 0 aromatic heterocycles.